The van der Waals surface area contributed by atoms with Crippen LogP contribution in [0.5, 0.6) is 0 Å². The maximum atomic E-state index is 12.5. The summed E-state index contributed by atoms with van der Waals surface area (Å²) in [6, 6.07) is 0.795. The lowest BCUT2D eigenvalue weighted by Crippen LogP contribution is -2.48. The number of aromatic nitrogens is 3. The number of hydrogen-bond donors (Lipinski definition) is 2. The Balaban J connectivity index is 1.83. The van der Waals surface area contributed by atoms with Crippen LogP contribution in [-0.2, 0) is 9.53 Å². The summed E-state index contributed by atoms with van der Waals surface area (Å²) in [5.74, 6) is -1.78. The molecule has 8 heteroatoms. The molecule has 1 amide bonds. The highest BCUT2D eigenvalue weighted by molar-refractivity contribution is 6.01. The van der Waals surface area contributed by atoms with Crippen LogP contribution in [0.15, 0.2) is 18.5 Å². The van der Waals surface area contributed by atoms with Gasteiger partial charge in [-0.2, -0.15) is 5.10 Å². The number of carboxylic acids is 1. The molecule has 2 aromatic heterocycles. The van der Waals surface area contributed by atoms with Crippen LogP contribution in [0.25, 0.3) is 5.65 Å². The zero-order valence-electron chi connectivity index (χ0n) is 12.7. The third kappa shape index (κ3) is 3.16. The number of fused-ring (bicyclic) bond motifs is 1. The molecule has 1 aliphatic heterocycles. The number of ether oxygens (including phenoxy) is 1. The first-order chi connectivity index (χ1) is 11.1. The third-order valence-corrected chi connectivity index (χ3v) is 3.97. The number of aliphatic carboxylic acids is 1. The van der Waals surface area contributed by atoms with Gasteiger partial charge in [0.25, 0.3) is 5.91 Å². The minimum absolute atomic E-state index is 0.235. The van der Waals surface area contributed by atoms with Crippen molar-refractivity contribution < 1.29 is 19.4 Å². The van der Waals surface area contributed by atoms with Crippen molar-refractivity contribution in [2.45, 2.75) is 25.8 Å². The number of rotatable bonds is 4. The van der Waals surface area contributed by atoms with Gasteiger partial charge >= 0.3 is 5.97 Å². The lowest BCUT2D eigenvalue weighted by atomic mass is 9.93. The molecule has 8 nitrogen and oxygen atoms in total. The van der Waals surface area contributed by atoms with Gasteiger partial charge in [-0.1, -0.05) is 0 Å². The number of carbonyl (C=O) groups is 2. The normalized spacial score (nSPS) is 19.4. The molecule has 2 aromatic rings. The Hall–Kier alpha value is -2.48. The van der Waals surface area contributed by atoms with Gasteiger partial charge < -0.3 is 15.2 Å². The van der Waals surface area contributed by atoms with Gasteiger partial charge in [0, 0.05) is 24.4 Å². The zero-order chi connectivity index (χ0) is 16.4. The van der Waals surface area contributed by atoms with E-state index in [0.717, 1.165) is 12.1 Å². The summed E-state index contributed by atoms with van der Waals surface area (Å²) in [5, 5.41) is 16.1. The fourth-order valence-corrected chi connectivity index (χ4v) is 2.75. The van der Waals surface area contributed by atoms with Gasteiger partial charge in [-0.3, -0.25) is 4.79 Å². The predicted molar refractivity (Wildman–Crippen MR) is 80.2 cm³/mol. The van der Waals surface area contributed by atoms with Crippen molar-refractivity contribution in [3.05, 3.63) is 29.7 Å². The van der Waals surface area contributed by atoms with E-state index < -0.39 is 17.9 Å². The average Bonchev–Trinajstić information content (AvgIpc) is 2.96. The monoisotopic (exact) mass is 318 g/mol. The highest BCUT2D eigenvalue weighted by Crippen LogP contribution is 2.19. The van der Waals surface area contributed by atoms with E-state index in [1.165, 1.54) is 10.7 Å². The molecule has 3 heterocycles. The van der Waals surface area contributed by atoms with Crippen molar-refractivity contribution in [2.75, 3.05) is 13.2 Å². The average molecular weight is 318 g/mol. The Bertz CT molecular complexity index is 736. The smallest absolute Gasteiger partial charge is 0.326 e. The summed E-state index contributed by atoms with van der Waals surface area (Å²) < 4.78 is 6.82. The molecule has 2 N–H and O–H groups in total. The fraction of sp³-hybridized carbons (Fsp3) is 0.467. The minimum atomic E-state index is -1.06. The van der Waals surface area contributed by atoms with Gasteiger partial charge in [0.2, 0.25) is 0 Å². The van der Waals surface area contributed by atoms with E-state index in [2.05, 4.69) is 15.4 Å². The van der Waals surface area contributed by atoms with Gasteiger partial charge in [0.15, 0.2) is 5.65 Å². The lowest BCUT2D eigenvalue weighted by Gasteiger charge is -2.27. The Labute approximate surface area is 132 Å². The SMILES string of the molecule is Cc1ccn2ncc(C(=O)NC(C(=O)O)C3CCCOC3)c2n1. The fourth-order valence-electron chi connectivity index (χ4n) is 2.75. The van der Waals surface area contributed by atoms with E-state index in [1.807, 2.05) is 6.92 Å². The van der Waals surface area contributed by atoms with Gasteiger partial charge in [-0.25, -0.2) is 14.3 Å². The first-order valence-corrected chi connectivity index (χ1v) is 7.48. The second kappa shape index (κ2) is 6.33. The molecule has 3 rings (SSSR count). The van der Waals surface area contributed by atoms with E-state index in [0.29, 0.717) is 25.3 Å². The number of hydrogen-bond acceptors (Lipinski definition) is 5. The summed E-state index contributed by atoms with van der Waals surface area (Å²) >= 11 is 0. The Morgan fingerprint density at radius 1 is 1.52 bits per heavy atom. The molecule has 122 valence electrons. The molecule has 1 fully saturated rings. The van der Waals surface area contributed by atoms with Gasteiger partial charge in [-0.05, 0) is 25.8 Å². The first-order valence-electron chi connectivity index (χ1n) is 7.48. The van der Waals surface area contributed by atoms with E-state index in [1.54, 1.807) is 12.3 Å². The zero-order valence-corrected chi connectivity index (χ0v) is 12.7. The van der Waals surface area contributed by atoms with E-state index in [4.69, 9.17) is 4.74 Å². The summed E-state index contributed by atoms with van der Waals surface area (Å²) in [5.41, 5.74) is 1.42. The number of amides is 1. The predicted octanol–water partition coefficient (Wildman–Crippen LogP) is 0.647. The van der Waals surface area contributed by atoms with Crippen LogP contribution in [0.3, 0.4) is 0 Å². The Morgan fingerprint density at radius 3 is 3.04 bits per heavy atom. The highest BCUT2D eigenvalue weighted by Gasteiger charge is 2.32. The molecule has 2 unspecified atom stereocenters. The largest absolute Gasteiger partial charge is 0.480 e. The summed E-state index contributed by atoms with van der Waals surface area (Å²) in [4.78, 5) is 28.3. The molecule has 0 aromatic carbocycles. The van der Waals surface area contributed by atoms with Crippen LogP contribution in [0.4, 0.5) is 0 Å². The highest BCUT2D eigenvalue weighted by atomic mass is 16.5. The maximum absolute atomic E-state index is 12.5. The van der Waals surface area contributed by atoms with Gasteiger partial charge in [-0.15, -0.1) is 0 Å². The summed E-state index contributed by atoms with van der Waals surface area (Å²) in [6.45, 7) is 2.78. The molecule has 0 aliphatic carbocycles. The molecule has 1 aliphatic rings. The number of nitrogens with one attached hydrogen (secondary N) is 1. The molecular formula is C15H18N4O4. The van der Waals surface area contributed by atoms with Crippen molar-refractivity contribution in [3.8, 4) is 0 Å². The van der Waals surface area contributed by atoms with Crippen LogP contribution in [0.2, 0.25) is 0 Å². The molecule has 2 atom stereocenters. The second-order valence-electron chi connectivity index (χ2n) is 5.66. The Kier molecular flexibility index (Phi) is 4.24. The van der Waals surface area contributed by atoms with E-state index in [9.17, 15) is 14.7 Å². The van der Waals surface area contributed by atoms with Crippen molar-refractivity contribution in [3.63, 3.8) is 0 Å². The first kappa shape index (κ1) is 15.4. The molecule has 0 saturated carbocycles. The number of aryl methyl sites for hydroxylation is 1. The number of nitrogens with zero attached hydrogens (tertiary/aromatic N) is 3. The molecule has 0 bridgehead atoms. The van der Waals surface area contributed by atoms with Gasteiger partial charge in [0.05, 0.1) is 12.8 Å². The van der Waals surface area contributed by atoms with Crippen LogP contribution >= 0.6 is 0 Å². The topological polar surface area (TPSA) is 106 Å². The van der Waals surface area contributed by atoms with Crippen molar-refractivity contribution in [2.24, 2.45) is 5.92 Å². The third-order valence-electron chi connectivity index (χ3n) is 3.97. The number of carboxylic acid groups (broad SMARTS) is 1. The summed E-state index contributed by atoms with van der Waals surface area (Å²) in [7, 11) is 0. The second-order valence-corrected chi connectivity index (χ2v) is 5.66. The number of carbonyl (C=O) groups excluding carboxylic acids is 1. The lowest BCUT2D eigenvalue weighted by molar-refractivity contribution is -0.142. The van der Waals surface area contributed by atoms with Gasteiger partial charge in [0.1, 0.15) is 11.6 Å². The van der Waals surface area contributed by atoms with E-state index in [-0.39, 0.29) is 11.5 Å². The Morgan fingerprint density at radius 2 is 2.35 bits per heavy atom. The quantitative estimate of drug-likeness (QED) is 0.857. The maximum Gasteiger partial charge on any atom is 0.326 e. The molecule has 1 saturated heterocycles. The van der Waals surface area contributed by atoms with Crippen molar-refractivity contribution >= 4 is 17.5 Å². The van der Waals surface area contributed by atoms with Crippen LogP contribution in [-0.4, -0.2) is 50.8 Å². The van der Waals surface area contributed by atoms with Crippen molar-refractivity contribution in [1.82, 2.24) is 19.9 Å². The molecule has 0 spiro atoms. The standard InChI is InChI=1S/C15H18N4O4/c1-9-4-5-19-13(17-9)11(7-16-19)14(20)18-12(15(21)22)10-3-2-6-23-8-10/h4-5,7,10,12H,2-3,6,8H2,1H3,(H,18,20)(H,21,22). The van der Waals surface area contributed by atoms with E-state index >= 15 is 0 Å². The molecule has 23 heavy (non-hydrogen) atoms. The van der Waals surface area contributed by atoms with Crippen molar-refractivity contribution in [1.29, 1.82) is 0 Å². The molecule has 0 radical (unpaired) electrons. The summed E-state index contributed by atoms with van der Waals surface area (Å²) in [6.07, 6.45) is 4.61. The van der Waals surface area contributed by atoms with Crippen LogP contribution < -0.4 is 5.32 Å². The van der Waals surface area contributed by atoms with Crippen LogP contribution in [0, 0.1) is 12.8 Å². The van der Waals surface area contributed by atoms with Crippen LogP contribution in [0.1, 0.15) is 28.9 Å². The minimum Gasteiger partial charge on any atom is -0.480 e. The molecular weight excluding hydrogens is 300 g/mol.